The maximum absolute atomic E-state index is 6.02. The fourth-order valence-electron chi connectivity index (χ4n) is 1.32. The summed E-state index contributed by atoms with van der Waals surface area (Å²) in [6.45, 7) is 2.99. The molecular weight excluding hydrogens is 238 g/mol. The molecule has 96 valence electrons. The Morgan fingerprint density at radius 3 is 2.76 bits per heavy atom. The van der Waals surface area contributed by atoms with Crippen molar-refractivity contribution in [1.82, 2.24) is 4.90 Å². The molecule has 0 bridgehead atoms. The van der Waals surface area contributed by atoms with Crippen LogP contribution in [-0.2, 0) is 4.74 Å². The maximum Gasteiger partial charge on any atom is 0.0763 e. The topological polar surface area (TPSA) is 50.5 Å². The van der Waals surface area contributed by atoms with Crippen molar-refractivity contribution in [3.63, 3.8) is 0 Å². The molecule has 17 heavy (non-hydrogen) atoms. The van der Waals surface area contributed by atoms with Gasteiger partial charge in [0.1, 0.15) is 0 Å². The summed E-state index contributed by atoms with van der Waals surface area (Å²) in [7, 11) is 4.04. The van der Waals surface area contributed by atoms with Gasteiger partial charge in [-0.05, 0) is 26.2 Å². The molecule has 4 nitrogen and oxygen atoms in total. The van der Waals surface area contributed by atoms with Crippen molar-refractivity contribution in [1.29, 1.82) is 0 Å². The standard InChI is InChI=1S/C12H20ClN3O/c1-16(2)7-9-17-8-6-15-12-10(13)4-3-5-11(12)14/h3-5,15H,6-9,14H2,1-2H3. The number of benzene rings is 1. The molecule has 0 saturated heterocycles. The van der Waals surface area contributed by atoms with Crippen molar-refractivity contribution in [3.8, 4) is 0 Å². The summed E-state index contributed by atoms with van der Waals surface area (Å²) in [5.41, 5.74) is 7.25. The van der Waals surface area contributed by atoms with Crippen molar-refractivity contribution in [2.45, 2.75) is 0 Å². The van der Waals surface area contributed by atoms with Crippen LogP contribution in [0, 0.1) is 0 Å². The number of nitrogens with two attached hydrogens (primary N) is 1. The average Bonchev–Trinajstić information content (AvgIpc) is 2.26. The number of likely N-dealkylation sites (N-methyl/N-ethyl adjacent to an activating group) is 1. The van der Waals surface area contributed by atoms with Gasteiger partial charge in [-0.15, -0.1) is 0 Å². The molecule has 0 fully saturated rings. The minimum absolute atomic E-state index is 0.637. The fraction of sp³-hybridized carbons (Fsp3) is 0.500. The number of nitrogens with zero attached hydrogens (tertiary/aromatic N) is 1. The van der Waals surface area contributed by atoms with Gasteiger partial charge in [-0.3, -0.25) is 0 Å². The van der Waals surface area contributed by atoms with E-state index in [-0.39, 0.29) is 0 Å². The van der Waals surface area contributed by atoms with Crippen LogP contribution in [0.25, 0.3) is 0 Å². The predicted molar refractivity (Wildman–Crippen MR) is 73.7 cm³/mol. The van der Waals surface area contributed by atoms with Crippen LogP contribution in [-0.4, -0.2) is 45.3 Å². The minimum atomic E-state index is 0.637. The molecule has 0 spiro atoms. The van der Waals surface area contributed by atoms with E-state index in [1.54, 1.807) is 0 Å². The quantitative estimate of drug-likeness (QED) is 0.579. The van der Waals surface area contributed by atoms with Gasteiger partial charge in [0.05, 0.1) is 29.6 Å². The van der Waals surface area contributed by atoms with Crippen molar-refractivity contribution < 1.29 is 4.74 Å². The molecule has 3 N–H and O–H groups in total. The number of hydrogen-bond acceptors (Lipinski definition) is 4. The van der Waals surface area contributed by atoms with Gasteiger partial charge in [0.2, 0.25) is 0 Å². The average molecular weight is 258 g/mol. The summed E-state index contributed by atoms with van der Waals surface area (Å²) in [6, 6.07) is 5.46. The van der Waals surface area contributed by atoms with E-state index in [1.807, 2.05) is 32.3 Å². The van der Waals surface area contributed by atoms with Gasteiger partial charge in [-0.25, -0.2) is 0 Å². The number of para-hydroxylation sites is 1. The molecule has 5 heteroatoms. The van der Waals surface area contributed by atoms with Crippen LogP contribution in [0.4, 0.5) is 11.4 Å². The Balaban J connectivity index is 2.22. The summed E-state index contributed by atoms with van der Waals surface area (Å²) in [5.74, 6) is 0. The lowest BCUT2D eigenvalue weighted by Gasteiger charge is -2.12. The van der Waals surface area contributed by atoms with Crippen molar-refractivity contribution in [3.05, 3.63) is 23.2 Å². The lowest BCUT2D eigenvalue weighted by molar-refractivity contribution is 0.126. The minimum Gasteiger partial charge on any atom is -0.397 e. The normalized spacial score (nSPS) is 10.8. The van der Waals surface area contributed by atoms with E-state index in [9.17, 15) is 0 Å². The van der Waals surface area contributed by atoms with Crippen LogP contribution in [0.3, 0.4) is 0 Å². The fourth-order valence-corrected chi connectivity index (χ4v) is 1.57. The second-order valence-electron chi connectivity index (χ2n) is 4.05. The van der Waals surface area contributed by atoms with E-state index < -0.39 is 0 Å². The van der Waals surface area contributed by atoms with Crippen molar-refractivity contribution in [2.24, 2.45) is 0 Å². The molecule has 0 heterocycles. The van der Waals surface area contributed by atoms with Crippen molar-refractivity contribution >= 4 is 23.0 Å². The Bertz CT molecular complexity index is 324. The highest BCUT2D eigenvalue weighted by molar-refractivity contribution is 6.33. The molecule has 0 unspecified atom stereocenters. The van der Waals surface area contributed by atoms with E-state index in [4.69, 9.17) is 22.1 Å². The third-order valence-electron chi connectivity index (χ3n) is 2.28. The maximum atomic E-state index is 6.02. The highest BCUT2D eigenvalue weighted by Crippen LogP contribution is 2.27. The zero-order chi connectivity index (χ0) is 12.7. The molecule has 0 atom stereocenters. The Morgan fingerprint density at radius 2 is 2.12 bits per heavy atom. The summed E-state index contributed by atoms with van der Waals surface area (Å²) >= 11 is 6.02. The monoisotopic (exact) mass is 257 g/mol. The molecule has 0 aliphatic carbocycles. The number of nitrogen functional groups attached to an aromatic ring is 1. The SMILES string of the molecule is CN(C)CCOCCNc1c(N)cccc1Cl. The first-order valence-corrected chi connectivity index (χ1v) is 5.99. The van der Waals surface area contributed by atoms with Gasteiger partial charge < -0.3 is 20.7 Å². The van der Waals surface area contributed by atoms with E-state index in [0.717, 1.165) is 18.8 Å². The van der Waals surface area contributed by atoms with E-state index >= 15 is 0 Å². The first-order valence-electron chi connectivity index (χ1n) is 5.61. The second kappa shape index (κ2) is 7.37. The first-order chi connectivity index (χ1) is 8.11. The second-order valence-corrected chi connectivity index (χ2v) is 4.45. The van der Waals surface area contributed by atoms with Crippen LogP contribution >= 0.6 is 11.6 Å². The molecule has 1 aromatic rings. The smallest absolute Gasteiger partial charge is 0.0763 e. The molecule has 0 radical (unpaired) electrons. The molecule has 0 amide bonds. The van der Waals surface area contributed by atoms with Crippen LogP contribution in [0.5, 0.6) is 0 Å². The van der Waals surface area contributed by atoms with Gasteiger partial charge >= 0.3 is 0 Å². The van der Waals surface area contributed by atoms with Crippen LogP contribution in [0.15, 0.2) is 18.2 Å². The van der Waals surface area contributed by atoms with Gasteiger partial charge in [0, 0.05) is 13.1 Å². The zero-order valence-corrected chi connectivity index (χ0v) is 11.1. The van der Waals surface area contributed by atoms with Crippen LogP contribution < -0.4 is 11.1 Å². The molecule has 1 aromatic carbocycles. The van der Waals surface area contributed by atoms with Crippen molar-refractivity contribution in [2.75, 3.05) is 51.4 Å². The summed E-state index contributed by atoms with van der Waals surface area (Å²) < 4.78 is 5.46. The first kappa shape index (κ1) is 14.1. The Morgan fingerprint density at radius 1 is 1.35 bits per heavy atom. The van der Waals surface area contributed by atoms with Gasteiger partial charge in [-0.1, -0.05) is 17.7 Å². The zero-order valence-electron chi connectivity index (χ0n) is 10.4. The molecular formula is C12H20ClN3O. The molecule has 1 rings (SSSR count). The Labute approximate surface area is 108 Å². The number of anilines is 2. The van der Waals surface area contributed by atoms with Gasteiger partial charge in [0.15, 0.2) is 0 Å². The highest BCUT2D eigenvalue weighted by atomic mass is 35.5. The summed E-state index contributed by atoms with van der Waals surface area (Å²) in [5, 5.41) is 3.81. The largest absolute Gasteiger partial charge is 0.397 e. The van der Waals surface area contributed by atoms with E-state index in [2.05, 4.69) is 10.2 Å². The third kappa shape index (κ3) is 5.26. The van der Waals surface area contributed by atoms with Crippen LogP contribution in [0.1, 0.15) is 0 Å². The van der Waals surface area contributed by atoms with E-state index in [0.29, 0.717) is 23.9 Å². The lowest BCUT2D eigenvalue weighted by atomic mass is 10.2. The summed E-state index contributed by atoms with van der Waals surface area (Å²) in [4.78, 5) is 2.08. The Hall–Kier alpha value is -0.970. The Kier molecular flexibility index (Phi) is 6.11. The number of nitrogens with one attached hydrogen (secondary N) is 1. The number of ether oxygens (including phenoxy) is 1. The molecule has 0 aliphatic rings. The molecule has 0 aliphatic heterocycles. The number of halogens is 1. The number of rotatable bonds is 7. The van der Waals surface area contributed by atoms with Gasteiger partial charge in [0.25, 0.3) is 0 Å². The van der Waals surface area contributed by atoms with Crippen LogP contribution in [0.2, 0.25) is 5.02 Å². The van der Waals surface area contributed by atoms with Gasteiger partial charge in [-0.2, -0.15) is 0 Å². The highest BCUT2D eigenvalue weighted by Gasteiger charge is 2.02. The lowest BCUT2D eigenvalue weighted by Crippen LogP contribution is -2.20. The summed E-state index contributed by atoms with van der Waals surface area (Å²) in [6.07, 6.45) is 0. The number of hydrogen-bond donors (Lipinski definition) is 2. The molecule has 0 aromatic heterocycles. The predicted octanol–water partition coefficient (Wildman–Crippen LogP) is 1.91. The van der Waals surface area contributed by atoms with E-state index in [1.165, 1.54) is 0 Å². The third-order valence-corrected chi connectivity index (χ3v) is 2.59. The molecule has 0 saturated carbocycles.